The molecule has 120 valence electrons. The van der Waals surface area contributed by atoms with Gasteiger partial charge in [0.1, 0.15) is 0 Å². The van der Waals surface area contributed by atoms with Gasteiger partial charge in [-0.25, -0.2) is 0 Å². The highest BCUT2D eigenvalue weighted by Crippen LogP contribution is 2.26. The number of nitrogens with two attached hydrogens (primary N) is 1. The molecule has 5 nitrogen and oxygen atoms in total. The van der Waals surface area contributed by atoms with E-state index in [-0.39, 0.29) is 23.8 Å². The zero-order valence-electron chi connectivity index (χ0n) is 13.1. The molecule has 5 heteroatoms. The van der Waals surface area contributed by atoms with Crippen molar-refractivity contribution in [3.63, 3.8) is 0 Å². The van der Waals surface area contributed by atoms with Crippen LogP contribution in [-0.4, -0.2) is 42.4 Å². The Morgan fingerprint density at radius 2 is 1.90 bits per heavy atom. The standard InChI is InChI=1S/C16H29N3O2/c1-12(20)19-9-5-8-14(11-19)16(21)18-15(10-17)13-6-3-2-4-7-13/h13-15H,2-11,17H2,1H3,(H,18,21). The number of nitrogens with zero attached hydrogens (tertiary/aromatic N) is 1. The molecule has 2 aliphatic rings. The summed E-state index contributed by atoms with van der Waals surface area (Å²) in [6.45, 7) is 3.43. The van der Waals surface area contributed by atoms with E-state index in [0.29, 0.717) is 19.0 Å². The van der Waals surface area contributed by atoms with Gasteiger partial charge in [0.25, 0.3) is 0 Å². The highest BCUT2D eigenvalue weighted by atomic mass is 16.2. The lowest BCUT2D eigenvalue weighted by Crippen LogP contribution is -2.51. The van der Waals surface area contributed by atoms with Crippen LogP contribution in [0.3, 0.4) is 0 Å². The Morgan fingerprint density at radius 1 is 1.19 bits per heavy atom. The van der Waals surface area contributed by atoms with Crippen molar-refractivity contribution < 1.29 is 9.59 Å². The van der Waals surface area contributed by atoms with Crippen molar-refractivity contribution in [3.05, 3.63) is 0 Å². The maximum absolute atomic E-state index is 12.5. The molecule has 0 aromatic rings. The molecular weight excluding hydrogens is 266 g/mol. The third-order valence-corrected chi connectivity index (χ3v) is 5.04. The summed E-state index contributed by atoms with van der Waals surface area (Å²) < 4.78 is 0. The van der Waals surface area contributed by atoms with Crippen LogP contribution in [0.4, 0.5) is 0 Å². The van der Waals surface area contributed by atoms with Gasteiger partial charge in [0, 0.05) is 32.6 Å². The van der Waals surface area contributed by atoms with Crippen LogP contribution in [0.25, 0.3) is 0 Å². The molecule has 1 heterocycles. The van der Waals surface area contributed by atoms with Crippen molar-refractivity contribution in [1.29, 1.82) is 0 Å². The summed E-state index contributed by atoms with van der Waals surface area (Å²) in [5.74, 6) is 0.609. The van der Waals surface area contributed by atoms with Gasteiger partial charge < -0.3 is 16.0 Å². The molecule has 2 rings (SSSR count). The first-order valence-electron chi connectivity index (χ1n) is 8.37. The van der Waals surface area contributed by atoms with E-state index < -0.39 is 0 Å². The Kier molecular flexibility index (Phi) is 6.03. The maximum atomic E-state index is 12.5. The van der Waals surface area contributed by atoms with Gasteiger partial charge in [-0.2, -0.15) is 0 Å². The summed E-state index contributed by atoms with van der Waals surface area (Å²) in [6, 6.07) is 0.102. The smallest absolute Gasteiger partial charge is 0.225 e. The van der Waals surface area contributed by atoms with Crippen molar-refractivity contribution in [2.45, 2.75) is 57.9 Å². The first-order valence-corrected chi connectivity index (χ1v) is 8.37. The largest absolute Gasteiger partial charge is 0.352 e. The number of nitrogens with one attached hydrogen (secondary N) is 1. The van der Waals surface area contributed by atoms with E-state index >= 15 is 0 Å². The Labute approximate surface area is 127 Å². The van der Waals surface area contributed by atoms with E-state index in [2.05, 4.69) is 5.32 Å². The molecule has 0 spiro atoms. The van der Waals surface area contributed by atoms with E-state index in [4.69, 9.17) is 5.73 Å². The van der Waals surface area contributed by atoms with Crippen molar-refractivity contribution in [1.82, 2.24) is 10.2 Å². The Balaban J connectivity index is 1.87. The lowest BCUT2D eigenvalue weighted by atomic mass is 9.83. The van der Waals surface area contributed by atoms with Crippen LogP contribution in [-0.2, 0) is 9.59 Å². The predicted molar refractivity (Wildman–Crippen MR) is 82.5 cm³/mol. The molecule has 1 aliphatic carbocycles. The van der Waals surface area contributed by atoms with E-state index in [1.807, 2.05) is 0 Å². The number of hydrogen-bond donors (Lipinski definition) is 2. The van der Waals surface area contributed by atoms with Crippen LogP contribution < -0.4 is 11.1 Å². The monoisotopic (exact) mass is 295 g/mol. The molecule has 1 saturated carbocycles. The van der Waals surface area contributed by atoms with Crippen LogP contribution >= 0.6 is 0 Å². The molecule has 2 unspecified atom stereocenters. The molecule has 0 aromatic heterocycles. The SMILES string of the molecule is CC(=O)N1CCCC(C(=O)NC(CN)C2CCCCC2)C1. The van der Waals surface area contributed by atoms with E-state index in [9.17, 15) is 9.59 Å². The molecule has 0 radical (unpaired) electrons. The summed E-state index contributed by atoms with van der Waals surface area (Å²) in [5, 5.41) is 3.16. The minimum absolute atomic E-state index is 0.0650. The summed E-state index contributed by atoms with van der Waals surface area (Å²) >= 11 is 0. The fourth-order valence-electron chi connectivity index (χ4n) is 3.68. The zero-order chi connectivity index (χ0) is 15.2. The van der Waals surface area contributed by atoms with Crippen molar-refractivity contribution in [3.8, 4) is 0 Å². The van der Waals surface area contributed by atoms with E-state index in [1.165, 1.54) is 32.1 Å². The van der Waals surface area contributed by atoms with Crippen LogP contribution in [0.5, 0.6) is 0 Å². The Bertz CT molecular complexity index is 367. The van der Waals surface area contributed by atoms with Gasteiger partial charge in [-0.05, 0) is 31.6 Å². The van der Waals surface area contributed by atoms with Crippen molar-refractivity contribution >= 4 is 11.8 Å². The predicted octanol–water partition coefficient (Wildman–Crippen LogP) is 1.27. The lowest BCUT2D eigenvalue weighted by Gasteiger charge is -2.34. The van der Waals surface area contributed by atoms with E-state index in [1.54, 1.807) is 11.8 Å². The Hall–Kier alpha value is -1.10. The summed E-state index contributed by atoms with van der Waals surface area (Å²) in [7, 11) is 0. The molecule has 1 saturated heterocycles. The lowest BCUT2D eigenvalue weighted by molar-refractivity contribution is -0.134. The molecule has 2 atom stereocenters. The van der Waals surface area contributed by atoms with Crippen LogP contribution in [0.15, 0.2) is 0 Å². The minimum atomic E-state index is -0.0692. The molecule has 1 aliphatic heterocycles. The third kappa shape index (κ3) is 4.43. The maximum Gasteiger partial charge on any atom is 0.225 e. The van der Waals surface area contributed by atoms with Gasteiger partial charge in [0.15, 0.2) is 0 Å². The zero-order valence-corrected chi connectivity index (χ0v) is 13.1. The van der Waals surface area contributed by atoms with Crippen LogP contribution in [0, 0.1) is 11.8 Å². The second kappa shape index (κ2) is 7.78. The highest BCUT2D eigenvalue weighted by molar-refractivity contribution is 5.81. The molecule has 2 amide bonds. The molecule has 0 aromatic carbocycles. The van der Waals surface area contributed by atoms with Crippen LogP contribution in [0.2, 0.25) is 0 Å². The van der Waals surface area contributed by atoms with Gasteiger partial charge >= 0.3 is 0 Å². The average Bonchev–Trinajstić information content (AvgIpc) is 2.53. The second-order valence-electron chi connectivity index (χ2n) is 6.55. The summed E-state index contributed by atoms with van der Waals surface area (Å²) in [4.78, 5) is 25.7. The van der Waals surface area contributed by atoms with Gasteiger partial charge in [0.05, 0.1) is 5.92 Å². The van der Waals surface area contributed by atoms with Crippen LogP contribution in [0.1, 0.15) is 51.9 Å². The number of likely N-dealkylation sites (tertiary alicyclic amines) is 1. The number of rotatable bonds is 4. The van der Waals surface area contributed by atoms with Gasteiger partial charge in [-0.15, -0.1) is 0 Å². The van der Waals surface area contributed by atoms with E-state index in [0.717, 1.165) is 19.4 Å². The fraction of sp³-hybridized carbons (Fsp3) is 0.875. The number of hydrogen-bond acceptors (Lipinski definition) is 3. The number of piperidine rings is 1. The first kappa shape index (κ1) is 16.3. The molecule has 0 bridgehead atoms. The summed E-state index contributed by atoms with van der Waals surface area (Å²) in [6.07, 6.45) is 7.93. The van der Waals surface area contributed by atoms with Gasteiger partial charge in [-0.1, -0.05) is 19.3 Å². The quantitative estimate of drug-likeness (QED) is 0.820. The molecule has 21 heavy (non-hydrogen) atoms. The average molecular weight is 295 g/mol. The van der Waals surface area contributed by atoms with Crippen molar-refractivity contribution in [2.24, 2.45) is 17.6 Å². The normalized spacial score (nSPS) is 25.4. The first-order chi connectivity index (χ1) is 10.1. The number of carbonyl (C=O) groups is 2. The highest BCUT2D eigenvalue weighted by Gasteiger charge is 2.30. The topological polar surface area (TPSA) is 75.4 Å². The minimum Gasteiger partial charge on any atom is -0.352 e. The molecule has 3 N–H and O–H groups in total. The fourth-order valence-corrected chi connectivity index (χ4v) is 3.68. The number of amides is 2. The van der Waals surface area contributed by atoms with Gasteiger partial charge in [0.2, 0.25) is 11.8 Å². The molecule has 2 fully saturated rings. The molecular formula is C16H29N3O2. The number of carbonyl (C=O) groups excluding carboxylic acids is 2. The summed E-state index contributed by atoms with van der Waals surface area (Å²) in [5.41, 5.74) is 5.88. The Morgan fingerprint density at radius 3 is 2.52 bits per heavy atom. The third-order valence-electron chi connectivity index (χ3n) is 5.04. The van der Waals surface area contributed by atoms with Crippen molar-refractivity contribution in [2.75, 3.05) is 19.6 Å². The second-order valence-corrected chi connectivity index (χ2v) is 6.55. The van der Waals surface area contributed by atoms with Gasteiger partial charge in [-0.3, -0.25) is 9.59 Å².